The van der Waals surface area contributed by atoms with Gasteiger partial charge in [0.15, 0.2) is 11.5 Å². The fourth-order valence-electron chi connectivity index (χ4n) is 2.99. The first-order chi connectivity index (χ1) is 13.9. The van der Waals surface area contributed by atoms with Gasteiger partial charge < -0.3 is 16.8 Å². The molecule has 0 radical (unpaired) electrons. The van der Waals surface area contributed by atoms with Crippen LogP contribution in [0.15, 0.2) is 23.7 Å². The van der Waals surface area contributed by atoms with Crippen LogP contribution in [0.3, 0.4) is 0 Å². The number of nitriles is 1. The molecule has 146 valence electrons. The Morgan fingerprint density at radius 2 is 2.10 bits per heavy atom. The second-order valence-electron chi connectivity index (χ2n) is 6.36. The van der Waals surface area contributed by atoms with Crippen molar-refractivity contribution < 1.29 is 0 Å². The summed E-state index contributed by atoms with van der Waals surface area (Å²) in [6.45, 7) is 3.75. The number of rotatable bonds is 4. The fourth-order valence-corrected chi connectivity index (χ4v) is 3.89. The van der Waals surface area contributed by atoms with Gasteiger partial charge in [0.2, 0.25) is 5.95 Å². The molecule has 0 unspecified atom stereocenters. The third-order valence-electron chi connectivity index (χ3n) is 4.38. The van der Waals surface area contributed by atoms with E-state index in [1.54, 1.807) is 15.9 Å². The van der Waals surface area contributed by atoms with Crippen LogP contribution in [0.2, 0.25) is 5.02 Å². The molecule has 4 aromatic rings. The minimum atomic E-state index is -0.298. The lowest BCUT2D eigenvalue weighted by atomic mass is 10.1. The highest BCUT2D eigenvalue weighted by molar-refractivity contribution is 7.13. The van der Waals surface area contributed by atoms with Gasteiger partial charge in [0.25, 0.3) is 0 Å². The molecule has 0 aliphatic carbocycles. The van der Waals surface area contributed by atoms with Crippen molar-refractivity contribution >= 4 is 46.2 Å². The molecule has 0 bridgehead atoms. The molecule has 0 spiro atoms. The van der Waals surface area contributed by atoms with Gasteiger partial charge in [-0.1, -0.05) is 17.7 Å². The lowest BCUT2D eigenvalue weighted by Crippen LogP contribution is -2.15. The molecule has 0 aromatic carbocycles. The highest BCUT2D eigenvalue weighted by atomic mass is 35.5. The minimum absolute atomic E-state index is 0.0160. The van der Waals surface area contributed by atoms with Gasteiger partial charge in [-0.2, -0.15) is 20.3 Å². The Labute approximate surface area is 175 Å². The van der Waals surface area contributed by atoms with Gasteiger partial charge in [0.05, 0.1) is 22.3 Å². The molecule has 4 aromatic heterocycles. The predicted molar refractivity (Wildman–Crippen MR) is 114 cm³/mol. The Kier molecular flexibility index (Phi) is 4.70. The molecule has 0 aliphatic rings. The standard InChI is InChI=1S/C18H16ClN9S/c1-8(23-16-10(6-20)15(21)25-18(22)26-16)11-7-28-17(13(19)9(2)27-28)24-14(11)12-4-3-5-29-12/h3-5,7-8H,1-2H3,(H5,21,22,23,25,26)/t8-/m0/s1. The second kappa shape index (κ2) is 7.20. The molecule has 0 saturated carbocycles. The summed E-state index contributed by atoms with van der Waals surface area (Å²) in [6.07, 6.45) is 1.87. The van der Waals surface area contributed by atoms with E-state index in [4.69, 9.17) is 28.1 Å². The molecule has 0 fully saturated rings. The van der Waals surface area contributed by atoms with E-state index >= 15 is 0 Å². The fraction of sp³-hybridized carbons (Fsp3) is 0.167. The maximum absolute atomic E-state index is 9.42. The zero-order chi connectivity index (χ0) is 20.7. The quantitative estimate of drug-likeness (QED) is 0.451. The van der Waals surface area contributed by atoms with Gasteiger partial charge >= 0.3 is 0 Å². The summed E-state index contributed by atoms with van der Waals surface area (Å²) in [5.74, 6) is 0.269. The third kappa shape index (κ3) is 3.30. The number of hydrogen-bond donors (Lipinski definition) is 3. The molecule has 5 N–H and O–H groups in total. The van der Waals surface area contributed by atoms with E-state index in [0.717, 1.165) is 16.1 Å². The molecule has 11 heteroatoms. The molecule has 4 rings (SSSR count). The van der Waals surface area contributed by atoms with Gasteiger partial charge in [-0.25, -0.2) is 9.50 Å². The average molecular weight is 426 g/mol. The summed E-state index contributed by atoms with van der Waals surface area (Å²) in [7, 11) is 0. The SMILES string of the molecule is Cc1nn2cc([C@H](C)Nc3nc(N)nc(N)c3C#N)c(-c3cccs3)nc2c1Cl. The van der Waals surface area contributed by atoms with Crippen LogP contribution >= 0.6 is 22.9 Å². The monoisotopic (exact) mass is 425 g/mol. The molecule has 0 saturated heterocycles. The number of aryl methyl sites for hydroxylation is 1. The Balaban J connectivity index is 1.85. The molecule has 1 atom stereocenters. The summed E-state index contributed by atoms with van der Waals surface area (Å²) >= 11 is 7.94. The summed E-state index contributed by atoms with van der Waals surface area (Å²) in [5, 5.41) is 19.5. The Morgan fingerprint density at radius 3 is 2.79 bits per heavy atom. The van der Waals surface area contributed by atoms with E-state index in [9.17, 15) is 5.26 Å². The van der Waals surface area contributed by atoms with Crippen LogP contribution in [-0.4, -0.2) is 24.6 Å². The van der Waals surface area contributed by atoms with Gasteiger partial charge in [0, 0.05) is 11.8 Å². The summed E-state index contributed by atoms with van der Waals surface area (Å²) in [6, 6.07) is 5.66. The highest BCUT2D eigenvalue weighted by Gasteiger charge is 2.21. The topological polar surface area (TPSA) is 144 Å². The van der Waals surface area contributed by atoms with Crippen molar-refractivity contribution in [2.45, 2.75) is 19.9 Å². The first kappa shape index (κ1) is 18.9. The lowest BCUT2D eigenvalue weighted by molar-refractivity contribution is 0.827. The average Bonchev–Trinajstić information content (AvgIpc) is 3.29. The molecule has 9 nitrogen and oxygen atoms in total. The van der Waals surface area contributed by atoms with E-state index < -0.39 is 0 Å². The normalized spacial score (nSPS) is 12.1. The molecule has 0 aliphatic heterocycles. The summed E-state index contributed by atoms with van der Waals surface area (Å²) < 4.78 is 1.65. The van der Waals surface area contributed by atoms with Crippen LogP contribution in [0.1, 0.15) is 29.8 Å². The van der Waals surface area contributed by atoms with Crippen molar-refractivity contribution in [1.82, 2.24) is 24.6 Å². The zero-order valence-corrected chi connectivity index (χ0v) is 17.1. The minimum Gasteiger partial charge on any atom is -0.382 e. The van der Waals surface area contributed by atoms with Crippen molar-refractivity contribution in [1.29, 1.82) is 5.26 Å². The lowest BCUT2D eigenvalue weighted by Gasteiger charge is -2.19. The van der Waals surface area contributed by atoms with Crippen LogP contribution in [-0.2, 0) is 0 Å². The number of aromatic nitrogens is 5. The van der Waals surface area contributed by atoms with Gasteiger partial charge in [-0.15, -0.1) is 11.3 Å². The van der Waals surface area contributed by atoms with E-state index in [-0.39, 0.29) is 29.2 Å². The number of nitrogens with one attached hydrogen (secondary N) is 1. The Bertz CT molecular complexity index is 1260. The summed E-state index contributed by atoms with van der Waals surface area (Å²) in [4.78, 5) is 13.7. The number of nitrogen functional groups attached to an aromatic ring is 2. The maximum atomic E-state index is 9.42. The molecular formula is C18H16ClN9S. The highest BCUT2D eigenvalue weighted by Crippen LogP contribution is 2.34. The Hall–Kier alpha value is -3.42. The molecular weight excluding hydrogens is 410 g/mol. The van der Waals surface area contributed by atoms with Crippen LogP contribution in [0, 0.1) is 18.3 Å². The zero-order valence-electron chi connectivity index (χ0n) is 15.5. The number of halogens is 1. The van der Waals surface area contributed by atoms with Crippen LogP contribution < -0.4 is 16.8 Å². The number of fused-ring (bicyclic) bond motifs is 1. The largest absolute Gasteiger partial charge is 0.382 e. The molecule has 4 heterocycles. The van der Waals surface area contributed by atoms with E-state index in [1.165, 1.54) is 0 Å². The van der Waals surface area contributed by atoms with Crippen molar-refractivity contribution in [3.8, 4) is 16.6 Å². The van der Waals surface area contributed by atoms with Gasteiger partial charge in [-0.05, 0) is 25.3 Å². The smallest absolute Gasteiger partial charge is 0.224 e. The van der Waals surface area contributed by atoms with Crippen molar-refractivity contribution in [2.75, 3.05) is 16.8 Å². The summed E-state index contributed by atoms with van der Waals surface area (Å²) in [5.41, 5.74) is 14.5. The third-order valence-corrected chi connectivity index (χ3v) is 5.70. The predicted octanol–water partition coefficient (Wildman–Crippen LogP) is 3.42. The van der Waals surface area contributed by atoms with E-state index in [0.29, 0.717) is 16.4 Å². The second-order valence-corrected chi connectivity index (χ2v) is 7.68. The number of nitrogens with zero attached hydrogens (tertiary/aromatic N) is 6. The van der Waals surface area contributed by atoms with Gasteiger partial charge in [0.1, 0.15) is 22.5 Å². The number of thiophene rings is 1. The van der Waals surface area contributed by atoms with Gasteiger partial charge in [-0.3, -0.25) is 0 Å². The van der Waals surface area contributed by atoms with Crippen LogP contribution in [0.25, 0.3) is 16.2 Å². The molecule has 0 amide bonds. The Morgan fingerprint density at radius 1 is 1.31 bits per heavy atom. The number of hydrogen-bond acceptors (Lipinski definition) is 9. The molecule has 29 heavy (non-hydrogen) atoms. The first-order valence-electron chi connectivity index (χ1n) is 8.58. The van der Waals surface area contributed by atoms with Crippen molar-refractivity contribution in [3.63, 3.8) is 0 Å². The number of anilines is 3. The van der Waals surface area contributed by atoms with E-state index in [2.05, 4.69) is 20.4 Å². The van der Waals surface area contributed by atoms with Crippen LogP contribution in [0.5, 0.6) is 0 Å². The van der Waals surface area contributed by atoms with Crippen molar-refractivity contribution in [3.05, 3.63) is 45.6 Å². The van der Waals surface area contributed by atoms with Crippen LogP contribution in [0.4, 0.5) is 17.6 Å². The number of nitrogens with two attached hydrogens (primary N) is 2. The van der Waals surface area contributed by atoms with Crippen molar-refractivity contribution in [2.24, 2.45) is 0 Å². The maximum Gasteiger partial charge on any atom is 0.224 e. The van der Waals surface area contributed by atoms with E-state index in [1.807, 2.05) is 43.6 Å². The first-order valence-corrected chi connectivity index (χ1v) is 9.83.